The van der Waals surface area contributed by atoms with Crippen LogP contribution in [0.15, 0.2) is 24.3 Å². The predicted molar refractivity (Wildman–Crippen MR) is 75.0 cm³/mol. The van der Waals surface area contributed by atoms with Crippen LogP contribution >= 0.6 is 0 Å². The van der Waals surface area contributed by atoms with Crippen molar-refractivity contribution in [1.29, 1.82) is 0 Å². The van der Waals surface area contributed by atoms with E-state index in [1.54, 1.807) is 0 Å². The number of aliphatic hydroxyl groups excluding tert-OH is 1. The van der Waals surface area contributed by atoms with Gasteiger partial charge in [0.15, 0.2) is 0 Å². The van der Waals surface area contributed by atoms with Crippen LogP contribution in [-0.2, 0) is 0 Å². The molecule has 0 saturated heterocycles. The summed E-state index contributed by atoms with van der Waals surface area (Å²) in [5, 5.41) is 9.92. The third-order valence-electron chi connectivity index (χ3n) is 2.72. The lowest BCUT2D eigenvalue weighted by atomic mass is 10.2. The topological polar surface area (TPSA) is 32.7 Å². The lowest BCUT2D eigenvalue weighted by Gasteiger charge is -2.22. The highest BCUT2D eigenvalue weighted by molar-refractivity contribution is 5.31. The molecule has 1 aromatic carbocycles. The van der Waals surface area contributed by atoms with E-state index in [9.17, 15) is 5.11 Å². The number of likely N-dealkylation sites (N-methyl/N-ethyl adjacent to an activating group) is 1. The quantitative estimate of drug-likeness (QED) is 0.807. The van der Waals surface area contributed by atoms with Gasteiger partial charge in [-0.1, -0.05) is 32.0 Å². The summed E-state index contributed by atoms with van der Waals surface area (Å²) >= 11 is 0. The molecule has 0 aliphatic rings. The Bertz CT molecular complexity index is 352. The minimum atomic E-state index is -0.451. The molecule has 1 atom stereocenters. The van der Waals surface area contributed by atoms with Gasteiger partial charge in [-0.3, -0.25) is 0 Å². The Kier molecular flexibility index (Phi) is 6.16. The smallest absolute Gasteiger partial charge is 0.122 e. The van der Waals surface area contributed by atoms with Crippen molar-refractivity contribution in [1.82, 2.24) is 4.90 Å². The summed E-state index contributed by atoms with van der Waals surface area (Å²) in [7, 11) is 2.02. The van der Waals surface area contributed by atoms with Gasteiger partial charge in [-0.2, -0.15) is 0 Å². The fourth-order valence-electron chi connectivity index (χ4n) is 2.01. The zero-order valence-electron chi connectivity index (χ0n) is 11.9. The number of ether oxygens (including phenoxy) is 1. The van der Waals surface area contributed by atoms with E-state index in [1.807, 2.05) is 38.2 Å². The van der Waals surface area contributed by atoms with Crippen LogP contribution in [0.1, 0.15) is 19.4 Å². The first kappa shape index (κ1) is 15.0. The standard InChI is InChI=1S/C15H25NO2/c1-12(2)9-16(4)10-14(17)11-18-15-8-6-5-7-13(15)3/h5-8,12,14,17H,9-11H2,1-4H3. The first-order valence-corrected chi connectivity index (χ1v) is 6.54. The van der Waals surface area contributed by atoms with E-state index in [2.05, 4.69) is 18.7 Å². The van der Waals surface area contributed by atoms with Gasteiger partial charge in [0, 0.05) is 13.1 Å². The highest BCUT2D eigenvalue weighted by atomic mass is 16.5. The lowest BCUT2D eigenvalue weighted by Crippen LogP contribution is -2.35. The molecule has 0 heterocycles. The molecule has 0 amide bonds. The summed E-state index contributed by atoms with van der Waals surface area (Å²) in [6.07, 6.45) is -0.451. The summed E-state index contributed by atoms with van der Waals surface area (Å²) in [6.45, 7) is 8.32. The van der Waals surface area contributed by atoms with Crippen LogP contribution in [0.5, 0.6) is 5.75 Å². The second-order valence-corrected chi connectivity index (χ2v) is 5.35. The van der Waals surface area contributed by atoms with Gasteiger partial charge in [0.25, 0.3) is 0 Å². The molecule has 0 saturated carbocycles. The van der Waals surface area contributed by atoms with Crippen LogP contribution in [-0.4, -0.2) is 42.9 Å². The predicted octanol–water partition coefficient (Wildman–Crippen LogP) is 2.32. The van der Waals surface area contributed by atoms with Crippen molar-refractivity contribution in [2.45, 2.75) is 26.9 Å². The number of benzene rings is 1. The van der Waals surface area contributed by atoms with E-state index < -0.39 is 6.10 Å². The SMILES string of the molecule is Cc1ccccc1OCC(O)CN(C)CC(C)C. The second-order valence-electron chi connectivity index (χ2n) is 5.35. The normalized spacial score (nSPS) is 13.1. The van der Waals surface area contributed by atoms with E-state index in [-0.39, 0.29) is 0 Å². The third-order valence-corrected chi connectivity index (χ3v) is 2.72. The Labute approximate surface area is 110 Å². The van der Waals surface area contributed by atoms with E-state index in [0.717, 1.165) is 17.9 Å². The van der Waals surface area contributed by atoms with Crippen LogP contribution in [0.4, 0.5) is 0 Å². The van der Waals surface area contributed by atoms with Crippen LogP contribution < -0.4 is 4.74 Å². The molecule has 18 heavy (non-hydrogen) atoms. The number of hydrogen-bond donors (Lipinski definition) is 1. The van der Waals surface area contributed by atoms with Gasteiger partial charge < -0.3 is 14.7 Å². The Morgan fingerprint density at radius 1 is 1.22 bits per heavy atom. The Morgan fingerprint density at radius 3 is 2.50 bits per heavy atom. The van der Waals surface area contributed by atoms with Crippen molar-refractivity contribution in [2.75, 3.05) is 26.7 Å². The zero-order chi connectivity index (χ0) is 13.5. The number of rotatable bonds is 7. The molecule has 0 radical (unpaired) electrons. The molecule has 1 rings (SSSR count). The van der Waals surface area contributed by atoms with Gasteiger partial charge in [0.2, 0.25) is 0 Å². The first-order chi connectivity index (χ1) is 8.49. The van der Waals surface area contributed by atoms with E-state index in [0.29, 0.717) is 19.1 Å². The van der Waals surface area contributed by atoms with Gasteiger partial charge in [-0.25, -0.2) is 0 Å². The Hall–Kier alpha value is -1.06. The molecular weight excluding hydrogens is 226 g/mol. The molecule has 3 nitrogen and oxygen atoms in total. The molecule has 0 aliphatic carbocycles. The average molecular weight is 251 g/mol. The van der Waals surface area contributed by atoms with Crippen LogP contribution in [0.2, 0.25) is 0 Å². The van der Waals surface area contributed by atoms with E-state index in [1.165, 1.54) is 0 Å². The molecule has 0 spiro atoms. The highest BCUT2D eigenvalue weighted by Crippen LogP contribution is 2.16. The number of aryl methyl sites for hydroxylation is 1. The van der Waals surface area contributed by atoms with Crippen molar-refractivity contribution in [2.24, 2.45) is 5.92 Å². The van der Waals surface area contributed by atoms with Gasteiger partial charge in [0.1, 0.15) is 18.5 Å². The summed E-state index contributed by atoms with van der Waals surface area (Å²) in [6, 6.07) is 7.86. The molecule has 1 N–H and O–H groups in total. The lowest BCUT2D eigenvalue weighted by molar-refractivity contribution is 0.0730. The summed E-state index contributed by atoms with van der Waals surface area (Å²) in [4.78, 5) is 2.14. The van der Waals surface area contributed by atoms with Crippen molar-refractivity contribution >= 4 is 0 Å². The molecule has 102 valence electrons. The summed E-state index contributed by atoms with van der Waals surface area (Å²) in [5.74, 6) is 1.46. The minimum Gasteiger partial charge on any atom is -0.491 e. The summed E-state index contributed by atoms with van der Waals surface area (Å²) < 4.78 is 5.63. The van der Waals surface area contributed by atoms with Crippen molar-refractivity contribution in [3.05, 3.63) is 29.8 Å². The monoisotopic (exact) mass is 251 g/mol. The Morgan fingerprint density at radius 2 is 1.89 bits per heavy atom. The summed E-state index contributed by atoms with van der Waals surface area (Å²) in [5.41, 5.74) is 1.10. The van der Waals surface area contributed by atoms with Crippen LogP contribution in [0.25, 0.3) is 0 Å². The zero-order valence-corrected chi connectivity index (χ0v) is 11.9. The third kappa shape index (κ3) is 5.52. The maximum atomic E-state index is 9.92. The molecule has 3 heteroatoms. The molecule has 1 unspecified atom stereocenters. The molecule has 0 bridgehead atoms. The molecular formula is C15H25NO2. The second kappa shape index (κ2) is 7.39. The molecule has 0 aliphatic heterocycles. The molecule has 1 aromatic rings. The van der Waals surface area contributed by atoms with Crippen LogP contribution in [0, 0.1) is 12.8 Å². The van der Waals surface area contributed by atoms with Crippen LogP contribution in [0.3, 0.4) is 0 Å². The fourth-order valence-corrected chi connectivity index (χ4v) is 2.01. The van der Waals surface area contributed by atoms with Crippen molar-refractivity contribution in [3.63, 3.8) is 0 Å². The molecule has 0 fully saturated rings. The van der Waals surface area contributed by atoms with Gasteiger partial charge in [-0.05, 0) is 31.5 Å². The van der Waals surface area contributed by atoms with Gasteiger partial charge in [-0.15, -0.1) is 0 Å². The van der Waals surface area contributed by atoms with Gasteiger partial charge in [0.05, 0.1) is 0 Å². The number of nitrogens with zero attached hydrogens (tertiary/aromatic N) is 1. The maximum Gasteiger partial charge on any atom is 0.122 e. The van der Waals surface area contributed by atoms with Gasteiger partial charge >= 0.3 is 0 Å². The fraction of sp³-hybridized carbons (Fsp3) is 0.600. The minimum absolute atomic E-state index is 0.341. The number of hydrogen-bond acceptors (Lipinski definition) is 3. The largest absolute Gasteiger partial charge is 0.491 e. The average Bonchev–Trinajstić information content (AvgIpc) is 2.26. The van der Waals surface area contributed by atoms with Crippen molar-refractivity contribution in [3.8, 4) is 5.75 Å². The highest BCUT2D eigenvalue weighted by Gasteiger charge is 2.10. The van der Waals surface area contributed by atoms with Crippen molar-refractivity contribution < 1.29 is 9.84 Å². The first-order valence-electron chi connectivity index (χ1n) is 6.54. The number of aliphatic hydroxyl groups is 1. The maximum absolute atomic E-state index is 9.92. The van der Waals surface area contributed by atoms with E-state index in [4.69, 9.17) is 4.74 Å². The number of para-hydroxylation sites is 1. The Balaban J connectivity index is 2.33. The molecule has 0 aromatic heterocycles. The van der Waals surface area contributed by atoms with E-state index >= 15 is 0 Å².